The average Bonchev–Trinajstić information content (AvgIpc) is 2.37. The van der Waals surface area contributed by atoms with Gasteiger partial charge >= 0.3 is 5.97 Å². The molecule has 4 heteroatoms. The molecule has 17 heavy (non-hydrogen) atoms. The minimum absolute atomic E-state index is 0.400. The number of benzene rings is 1. The van der Waals surface area contributed by atoms with Gasteiger partial charge in [0.15, 0.2) is 11.5 Å². The van der Waals surface area contributed by atoms with Gasteiger partial charge in [0.05, 0.1) is 26.9 Å². The quantitative estimate of drug-likeness (QED) is 0.581. The smallest absolute Gasteiger partial charge is 0.338 e. The molecule has 0 saturated carbocycles. The maximum Gasteiger partial charge on any atom is 0.338 e. The van der Waals surface area contributed by atoms with Crippen LogP contribution in [0.25, 0.3) is 0 Å². The number of allylic oxidation sites excluding steroid dienone is 1. The lowest BCUT2D eigenvalue weighted by Crippen LogP contribution is -2.08. The molecule has 0 fully saturated rings. The molecule has 0 aromatic heterocycles. The van der Waals surface area contributed by atoms with Crippen molar-refractivity contribution in [1.29, 1.82) is 0 Å². The van der Waals surface area contributed by atoms with Gasteiger partial charge in [-0.05, 0) is 18.6 Å². The van der Waals surface area contributed by atoms with Crippen LogP contribution in [-0.4, -0.2) is 27.3 Å². The van der Waals surface area contributed by atoms with Crippen molar-refractivity contribution in [2.75, 3.05) is 21.3 Å². The first-order chi connectivity index (χ1) is 8.19. The van der Waals surface area contributed by atoms with Gasteiger partial charge in [-0.25, -0.2) is 4.79 Å². The highest BCUT2D eigenvalue weighted by atomic mass is 16.5. The van der Waals surface area contributed by atoms with Gasteiger partial charge in [-0.3, -0.25) is 0 Å². The Morgan fingerprint density at radius 2 is 2.00 bits per heavy atom. The lowest BCUT2D eigenvalue weighted by atomic mass is 10.0. The van der Waals surface area contributed by atoms with Crippen LogP contribution in [0.2, 0.25) is 0 Å². The predicted molar refractivity (Wildman–Crippen MR) is 64.8 cm³/mol. The summed E-state index contributed by atoms with van der Waals surface area (Å²) in [6, 6.07) is 3.34. The number of carbonyl (C=O) groups is 1. The van der Waals surface area contributed by atoms with E-state index in [0.29, 0.717) is 29.0 Å². The van der Waals surface area contributed by atoms with Crippen LogP contribution in [-0.2, 0) is 11.2 Å². The fraction of sp³-hybridized carbons (Fsp3) is 0.308. The molecular formula is C13H16O4. The van der Waals surface area contributed by atoms with E-state index >= 15 is 0 Å². The standard InChI is InChI=1S/C13H16O4/c1-5-6-9-10(13(14)17-4)7-8-11(15-2)12(9)16-3/h5,7-8H,1,6H2,2-4H3. The van der Waals surface area contributed by atoms with Gasteiger partial charge in [0.2, 0.25) is 0 Å². The Morgan fingerprint density at radius 3 is 2.47 bits per heavy atom. The third-order valence-corrected chi connectivity index (χ3v) is 2.40. The molecule has 0 aliphatic heterocycles. The molecular weight excluding hydrogens is 220 g/mol. The Kier molecular flexibility index (Phi) is 4.57. The molecule has 0 spiro atoms. The first kappa shape index (κ1) is 13.1. The summed E-state index contributed by atoms with van der Waals surface area (Å²) in [4.78, 5) is 11.6. The van der Waals surface area contributed by atoms with Crippen molar-refractivity contribution < 1.29 is 19.0 Å². The van der Waals surface area contributed by atoms with E-state index < -0.39 is 5.97 Å². The minimum Gasteiger partial charge on any atom is -0.493 e. The van der Waals surface area contributed by atoms with E-state index in [0.717, 1.165) is 0 Å². The van der Waals surface area contributed by atoms with Gasteiger partial charge in [-0.1, -0.05) is 6.08 Å². The molecule has 1 aromatic rings. The van der Waals surface area contributed by atoms with Gasteiger partial charge in [0, 0.05) is 5.56 Å². The molecule has 0 unspecified atom stereocenters. The van der Waals surface area contributed by atoms with Gasteiger partial charge in [0.25, 0.3) is 0 Å². The van der Waals surface area contributed by atoms with Crippen LogP contribution in [0.3, 0.4) is 0 Å². The van der Waals surface area contributed by atoms with Crippen LogP contribution in [0, 0.1) is 0 Å². The SMILES string of the molecule is C=CCc1c(C(=O)OC)ccc(OC)c1OC. The number of ether oxygens (including phenoxy) is 3. The summed E-state index contributed by atoms with van der Waals surface area (Å²) >= 11 is 0. The summed E-state index contributed by atoms with van der Waals surface area (Å²) in [5.41, 5.74) is 1.18. The molecule has 0 amide bonds. The highest BCUT2D eigenvalue weighted by Crippen LogP contribution is 2.34. The summed E-state index contributed by atoms with van der Waals surface area (Å²) in [5, 5.41) is 0. The number of esters is 1. The van der Waals surface area contributed by atoms with E-state index in [1.165, 1.54) is 14.2 Å². The minimum atomic E-state index is -0.400. The molecule has 0 saturated heterocycles. The largest absolute Gasteiger partial charge is 0.493 e. The Labute approximate surface area is 101 Å². The number of rotatable bonds is 5. The molecule has 1 aromatic carbocycles. The third-order valence-electron chi connectivity index (χ3n) is 2.40. The van der Waals surface area contributed by atoms with Crippen molar-refractivity contribution in [2.24, 2.45) is 0 Å². The normalized spacial score (nSPS) is 9.59. The summed E-state index contributed by atoms with van der Waals surface area (Å²) < 4.78 is 15.2. The number of hydrogen-bond acceptors (Lipinski definition) is 4. The Balaban J connectivity index is 3.40. The summed E-state index contributed by atoms with van der Waals surface area (Å²) in [7, 11) is 4.43. The molecule has 0 bridgehead atoms. The molecule has 0 radical (unpaired) electrons. The third kappa shape index (κ3) is 2.58. The number of methoxy groups -OCH3 is 3. The van der Waals surface area contributed by atoms with Crippen molar-refractivity contribution >= 4 is 5.97 Å². The van der Waals surface area contributed by atoms with E-state index in [9.17, 15) is 4.79 Å². The van der Waals surface area contributed by atoms with Gasteiger partial charge < -0.3 is 14.2 Å². The molecule has 1 rings (SSSR count). The van der Waals surface area contributed by atoms with E-state index in [1.807, 2.05) is 0 Å². The fourth-order valence-corrected chi connectivity index (χ4v) is 1.64. The van der Waals surface area contributed by atoms with Crippen molar-refractivity contribution in [2.45, 2.75) is 6.42 Å². The highest BCUT2D eigenvalue weighted by Gasteiger charge is 2.18. The highest BCUT2D eigenvalue weighted by molar-refractivity contribution is 5.92. The molecule has 4 nitrogen and oxygen atoms in total. The molecule has 0 aliphatic carbocycles. The second-order valence-electron chi connectivity index (χ2n) is 3.31. The first-order valence-electron chi connectivity index (χ1n) is 5.12. The van der Waals surface area contributed by atoms with Crippen molar-refractivity contribution in [1.82, 2.24) is 0 Å². The second-order valence-corrected chi connectivity index (χ2v) is 3.31. The van der Waals surface area contributed by atoms with Crippen molar-refractivity contribution in [3.05, 3.63) is 35.9 Å². The summed E-state index contributed by atoms with van der Waals surface area (Å²) in [6.45, 7) is 3.66. The Bertz CT molecular complexity index is 424. The monoisotopic (exact) mass is 236 g/mol. The van der Waals surface area contributed by atoms with Crippen LogP contribution in [0.5, 0.6) is 11.5 Å². The summed E-state index contributed by atoms with van der Waals surface area (Å²) in [5.74, 6) is 0.718. The van der Waals surface area contributed by atoms with Crippen LogP contribution in [0.15, 0.2) is 24.8 Å². The fourth-order valence-electron chi connectivity index (χ4n) is 1.64. The molecule has 0 aliphatic rings. The van der Waals surface area contributed by atoms with Gasteiger partial charge in [-0.2, -0.15) is 0 Å². The topological polar surface area (TPSA) is 44.8 Å². The number of carbonyl (C=O) groups excluding carboxylic acids is 1. The zero-order valence-electron chi connectivity index (χ0n) is 10.3. The van der Waals surface area contributed by atoms with E-state index in [1.54, 1.807) is 25.3 Å². The average molecular weight is 236 g/mol. The van der Waals surface area contributed by atoms with Crippen molar-refractivity contribution in [3.63, 3.8) is 0 Å². The maximum absolute atomic E-state index is 11.6. The van der Waals surface area contributed by atoms with Gasteiger partial charge in [-0.15, -0.1) is 6.58 Å². The second kappa shape index (κ2) is 5.94. The lowest BCUT2D eigenvalue weighted by Gasteiger charge is -2.14. The lowest BCUT2D eigenvalue weighted by molar-refractivity contribution is 0.0599. The predicted octanol–water partition coefficient (Wildman–Crippen LogP) is 2.22. The van der Waals surface area contributed by atoms with E-state index in [4.69, 9.17) is 14.2 Å². The molecule has 0 atom stereocenters. The molecule has 0 heterocycles. The zero-order valence-corrected chi connectivity index (χ0v) is 10.3. The van der Waals surface area contributed by atoms with Crippen LogP contribution < -0.4 is 9.47 Å². The maximum atomic E-state index is 11.6. The Hall–Kier alpha value is -1.97. The van der Waals surface area contributed by atoms with E-state index in [-0.39, 0.29) is 0 Å². The molecule has 92 valence electrons. The first-order valence-corrected chi connectivity index (χ1v) is 5.12. The van der Waals surface area contributed by atoms with Gasteiger partial charge in [0.1, 0.15) is 0 Å². The summed E-state index contributed by atoms with van der Waals surface area (Å²) in [6.07, 6.45) is 2.20. The van der Waals surface area contributed by atoms with Crippen LogP contribution in [0.4, 0.5) is 0 Å². The van der Waals surface area contributed by atoms with Crippen LogP contribution >= 0.6 is 0 Å². The molecule has 0 N–H and O–H groups in total. The van der Waals surface area contributed by atoms with E-state index in [2.05, 4.69) is 6.58 Å². The van der Waals surface area contributed by atoms with Crippen molar-refractivity contribution in [3.8, 4) is 11.5 Å². The number of hydrogen-bond donors (Lipinski definition) is 0. The zero-order chi connectivity index (χ0) is 12.8. The Morgan fingerprint density at radius 1 is 1.29 bits per heavy atom. The van der Waals surface area contributed by atoms with Crippen LogP contribution in [0.1, 0.15) is 15.9 Å².